The third-order valence-electron chi connectivity index (χ3n) is 5.57. The number of non-ortho nitro benzene ring substituents is 1. The van der Waals surface area contributed by atoms with Gasteiger partial charge in [0.2, 0.25) is 0 Å². The number of halogens is 1. The Labute approximate surface area is 197 Å². The Kier molecular flexibility index (Phi) is 7.88. The molecule has 2 aromatic carbocycles. The average Bonchev–Trinajstić information content (AvgIpc) is 2.80. The van der Waals surface area contributed by atoms with Crippen LogP contribution in [-0.4, -0.2) is 73.5 Å². The third kappa shape index (κ3) is 5.61. The fraction of sp³-hybridized carbons (Fsp3) is 0.391. The number of benzene rings is 2. The first-order chi connectivity index (χ1) is 15.7. The highest BCUT2D eigenvalue weighted by Crippen LogP contribution is 2.28. The zero-order chi connectivity index (χ0) is 24.1. The molecule has 3 rings (SSSR count). The Morgan fingerprint density at radius 3 is 2.30 bits per heavy atom. The molecule has 2 aromatic rings. The van der Waals surface area contributed by atoms with Gasteiger partial charge in [0, 0.05) is 63.1 Å². The van der Waals surface area contributed by atoms with Crippen LogP contribution in [0.3, 0.4) is 0 Å². The van der Waals surface area contributed by atoms with Crippen molar-refractivity contribution in [3.8, 4) is 0 Å². The maximum Gasteiger partial charge on any atom is 0.328 e. The lowest BCUT2D eigenvalue weighted by Crippen LogP contribution is -2.51. The molecule has 1 heterocycles. The lowest BCUT2D eigenvalue weighted by molar-refractivity contribution is -0.384. The number of anilines is 1. The van der Waals surface area contributed by atoms with Gasteiger partial charge in [-0.25, -0.2) is 4.79 Å². The summed E-state index contributed by atoms with van der Waals surface area (Å²) in [7, 11) is 3.57. The molecule has 1 amide bonds. The molecule has 1 atom stereocenters. The molecular formula is C23H27ClN4O5. The summed E-state index contributed by atoms with van der Waals surface area (Å²) in [6.07, 6.45) is 0. The maximum absolute atomic E-state index is 13.3. The van der Waals surface area contributed by atoms with E-state index in [1.165, 1.54) is 12.1 Å². The fourth-order valence-corrected chi connectivity index (χ4v) is 4.04. The van der Waals surface area contributed by atoms with E-state index in [9.17, 15) is 19.7 Å². The Bertz CT molecular complexity index is 1020. The predicted octanol–water partition coefficient (Wildman–Crippen LogP) is 3.38. The van der Waals surface area contributed by atoms with Gasteiger partial charge in [-0.3, -0.25) is 19.8 Å². The van der Waals surface area contributed by atoms with Crippen molar-refractivity contribution in [1.82, 2.24) is 9.80 Å². The van der Waals surface area contributed by atoms with Crippen LogP contribution in [0.5, 0.6) is 0 Å². The van der Waals surface area contributed by atoms with Crippen molar-refractivity contribution < 1.29 is 19.2 Å². The first-order valence-electron chi connectivity index (χ1n) is 10.6. The van der Waals surface area contributed by atoms with E-state index in [0.29, 0.717) is 36.9 Å². The molecule has 0 aromatic heterocycles. The Hall–Kier alpha value is -3.17. The van der Waals surface area contributed by atoms with E-state index in [0.717, 1.165) is 5.56 Å². The normalized spacial score (nSPS) is 15.1. The van der Waals surface area contributed by atoms with E-state index in [4.69, 9.17) is 16.3 Å². The number of rotatable bonds is 7. The summed E-state index contributed by atoms with van der Waals surface area (Å²) in [6, 6.07) is 10.7. The van der Waals surface area contributed by atoms with Crippen LogP contribution >= 0.6 is 11.6 Å². The zero-order valence-electron chi connectivity index (χ0n) is 18.9. The zero-order valence-corrected chi connectivity index (χ0v) is 19.6. The van der Waals surface area contributed by atoms with Gasteiger partial charge < -0.3 is 14.5 Å². The summed E-state index contributed by atoms with van der Waals surface area (Å²) in [6.45, 7) is 3.67. The van der Waals surface area contributed by atoms with Crippen LogP contribution < -0.4 is 4.90 Å². The van der Waals surface area contributed by atoms with Gasteiger partial charge in [-0.2, -0.15) is 0 Å². The van der Waals surface area contributed by atoms with E-state index < -0.39 is 11.0 Å². The number of piperazine rings is 1. The molecule has 33 heavy (non-hydrogen) atoms. The highest BCUT2D eigenvalue weighted by molar-refractivity contribution is 6.30. The summed E-state index contributed by atoms with van der Waals surface area (Å²) in [5.74, 6) is -0.630. The number of nitrogens with zero attached hydrogens (tertiary/aromatic N) is 4. The summed E-state index contributed by atoms with van der Waals surface area (Å²) in [4.78, 5) is 42.1. The smallest absolute Gasteiger partial charge is 0.328 e. The van der Waals surface area contributed by atoms with Gasteiger partial charge in [0.05, 0.1) is 17.1 Å². The highest BCUT2D eigenvalue weighted by Gasteiger charge is 2.33. The second kappa shape index (κ2) is 10.6. The van der Waals surface area contributed by atoms with E-state index in [1.54, 1.807) is 61.2 Å². The first-order valence-corrected chi connectivity index (χ1v) is 11.0. The molecule has 1 unspecified atom stereocenters. The van der Waals surface area contributed by atoms with Gasteiger partial charge in [0.1, 0.15) is 6.04 Å². The molecule has 1 fully saturated rings. The van der Waals surface area contributed by atoms with Crippen LogP contribution in [0.2, 0.25) is 5.02 Å². The van der Waals surface area contributed by atoms with Crippen molar-refractivity contribution in [2.24, 2.45) is 0 Å². The first kappa shape index (κ1) is 24.5. The number of carbonyl (C=O) groups excluding carboxylic acids is 2. The largest absolute Gasteiger partial charge is 0.465 e. The molecule has 10 heteroatoms. The van der Waals surface area contributed by atoms with Gasteiger partial charge in [-0.05, 0) is 30.7 Å². The minimum Gasteiger partial charge on any atom is -0.465 e. The van der Waals surface area contributed by atoms with Crippen molar-refractivity contribution in [1.29, 1.82) is 0 Å². The molecule has 1 aliphatic rings. The third-order valence-corrected chi connectivity index (χ3v) is 5.82. The van der Waals surface area contributed by atoms with E-state index in [1.807, 2.05) is 4.90 Å². The van der Waals surface area contributed by atoms with Crippen molar-refractivity contribution in [2.45, 2.75) is 13.0 Å². The van der Waals surface area contributed by atoms with Crippen molar-refractivity contribution in [2.75, 3.05) is 51.8 Å². The number of ether oxygens (including phenoxy) is 1. The van der Waals surface area contributed by atoms with Crippen LogP contribution in [0, 0.1) is 10.1 Å². The molecule has 1 saturated heterocycles. The minimum absolute atomic E-state index is 0.132. The van der Waals surface area contributed by atoms with Crippen LogP contribution in [0.1, 0.15) is 28.9 Å². The molecule has 0 spiro atoms. The molecule has 0 aliphatic carbocycles. The molecule has 0 bridgehead atoms. The number of carbonyl (C=O) groups is 2. The van der Waals surface area contributed by atoms with E-state index >= 15 is 0 Å². The number of amides is 1. The molecule has 0 radical (unpaired) electrons. The van der Waals surface area contributed by atoms with Crippen molar-refractivity contribution in [3.63, 3.8) is 0 Å². The molecule has 0 saturated carbocycles. The quantitative estimate of drug-likeness (QED) is 0.345. The summed E-state index contributed by atoms with van der Waals surface area (Å²) < 4.78 is 5.30. The van der Waals surface area contributed by atoms with Crippen LogP contribution in [0.25, 0.3) is 0 Å². The van der Waals surface area contributed by atoms with Crippen molar-refractivity contribution >= 4 is 34.9 Å². The number of hydrogen-bond acceptors (Lipinski definition) is 7. The summed E-state index contributed by atoms with van der Waals surface area (Å²) >= 11 is 6.00. The standard InChI is InChI=1S/C23H27ClN4O5/c1-4-33-23(30)21(16-5-7-17(24)8-6-16)26-11-13-27(14-12-26)22(29)19-15-18(28(31)32)9-10-20(19)25(2)3/h5-10,15,21H,4,11-14H2,1-3H3. The van der Waals surface area contributed by atoms with Gasteiger partial charge in [-0.1, -0.05) is 23.7 Å². The molecule has 9 nitrogen and oxygen atoms in total. The predicted molar refractivity (Wildman–Crippen MR) is 126 cm³/mol. The second-order valence-electron chi connectivity index (χ2n) is 7.89. The molecular weight excluding hydrogens is 448 g/mol. The fourth-order valence-electron chi connectivity index (χ4n) is 3.91. The Balaban J connectivity index is 1.79. The van der Waals surface area contributed by atoms with Gasteiger partial charge in [0.15, 0.2) is 0 Å². The minimum atomic E-state index is -0.602. The van der Waals surface area contributed by atoms with Gasteiger partial charge in [0.25, 0.3) is 11.6 Å². The van der Waals surface area contributed by atoms with E-state index in [2.05, 4.69) is 0 Å². The lowest BCUT2D eigenvalue weighted by atomic mass is 10.0. The second-order valence-corrected chi connectivity index (χ2v) is 8.32. The van der Waals surface area contributed by atoms with Crippen LogP contribution in [0.4, 0.5) is 11.4 Å². The summed E-state index contributed by atoms with van der Waals surface area (Å²) in [5, 5.41) is 11.8. The topological polar surface area (TPSA) is 96.2 Å². The Morgan fingerprint density at radius 1 is 1.12 bits per heavy atom. The SMILES string of the molecule is CCOC(=O)C(c1ccc(Cl)cc1)N1CCN(C(=O)c2cc([N+](=O)[O-])ccc2N(C)C)CC1. The molecule has 0 N–H and O–H groups in total. The number of nitro groups is 1. The van der Waals surface area contributed by atoms with Gasteiger partial charge in [-0.15, -0.1) is 0 Å². The molecule has 176 valence electrons. The van der Waals surface area contributed by atoms with Crippen molar-refractivity contribution in [3.05, 3.63) is 68.7 Å². The number of esters is 1. The summed E-state index contributed by atoms with van der Waals surface area (Å²) in [5.41, 5.74) is 1.53. The maximum atomic E-state index is 13.3. The van der Waals surface area contributed by atoms with Crippen LogP contribution in [0.15, 0.2) is 42.5 Å². The number of nitro benzene ring substituents is 1. The number of hydrogen-bond donors (Lipinski definition) is 0. The monoisotopic (exact) mass is 474 g/mol. The average molecular weight is 475 g/mol. The van der Waals surface area contributed by atoms with Gasteiger partial charge >= 0.3 is 5.97 Å². The van der Waals surface area contributed by atoms with E-state index in [-0.39, 0.29) is 29.7 Å². The Morgan fingerprint density at radius 2 is 1.76 bits per heavy atom. The lowest BCUT2D eigenvalue weighted by Gasteiger charge is -2.38. The highest BCUT2D eigenvalue weighted by atomic mass is 35.5. The van der Waals surface area contributed by atoms with Crippen LogP contribution in [-0.2, 0) is 9.53 Å². The molecule has 1 aliphatic heterocycles.